The Morgan fingerprint density at radius 1 is 0.432 bits per heavy atom. The molecule has 0 saturated carbocycles. The maximum absolute atomic E-state index is 13.1. The smallest absolute Gasteiger partial charge is 0.220 e. The van der Waals surface area contributed by atoms with E-state index >= 15 is 0 Å². The van der Waals surface area contributed by atoms with Crippen LogP contribution in [0.2, 0.25) is 0 Å². The molecule has 1 aliphatic heterocycles. The fraction of sp³-hybridized carbons (Fsp3) is 0.597. The molecule has 1 aliphatic rings. The van der Waals surface area contributed by atoms with E-state index in [1.165, 1.54) is 70.6 Å². The van der Waals surface area contributed by atoms with E-state index < -0.39 is 49.5 Å². The minimum atomic E-state index is -1.59. The van der Waals surface area contributed by atoms with E-state index in [2.05, 4.69) is 177 Å². The van der Waals surface area contributed by atoms with E-state index in [9.17, 15) is 30.3 Å². The molecule has 1 heterocycles. The second-order valence-electron chi connectivity index (χ2n) is 21.1. The molecule has 7 unspecified atom stereocenters. The van der Waals surface area contributed by atoms with E-state index in [4.69, 9.17) is 9.47 Å². The second kappa shape index (κ2) is 58.7. The molecule has 7 atom stereocenters. The molecule has 0 spiro atoms. The summed E-state index contributed by atoms with van der Waals surface area (Å²) >= 11 is 0. The van der Waals surface area contributed by atoms with Gasteiger partial charge in [0.1, 0.15) is 24.4 Å². The molecule has 1 amide bonds. The summed E-state index contributed by atoms with van der Waals surface area (Å²) in [6.45, 7) is 3.62. The van der Waals surface area contributed by atoms with Crippen LogP contribution >= 0.6 is 0 Å². The van der Waals surface area contributed by atoms with Gasteiger partial charge in [-0.3, -0.25) is 4.79 Å². The predicted octanol–water partition coefficient (Wildman–Crippen LogP) is 17.0. The van der Waals surface area contributed by atoms with Gasteiger partial charge in [0.05, 0.1) is 25.4 Å². The van der Waals surface area contributed by atoms with Gasteiger partial charge in [-0.1, -0.05) is 261 Å². The van der Waals surface area contributed by atoms with Crippen LogP contribution in [0.5, 0.6) is 0 Å². The lowest BCUT2D eigenvalue weighted by Crippen LogP contribution is -2.60. The van der Waals surface area contributed by atoms with Gasteiger partial charge in [-0.25, -0.2) is 0 Å². The number of allylic oxidation sites excluding steroid dienone is 27. The summed E-state index contributed by atoms with van der Waals surface area (Å²) < 4.78 is 11.2. The van der Waals surface area contributed by atoms with Crippen LogP contribution in [0.15, 0.2) is 170 Å². The first-order valence-electron chi connectivity index (χ1n) is 31.9. The van der Waals surface area contributed by atoms with Crippen molar-refractivity contribution in [3.05, 3.63) is 170 Å². The number of hydrogen-bond donors (Lipinski definition) is 6. The van der Waals surface area contributed by atoms with E-state index in [0.29, 0.717) is 12.8 Å². The number of carbonyl (C=O) groups excluding carboxylic acids is 1. The zero-order valence-electron chi connectivity index (χ0n) is 50.7. The molecule has 1 rings (SSSR count). The van der Waals surface area contributed by atoms with E-state index in [1.807, 2.05) is 6.08 Å². The summed E-state index contributed by atoms with van der Waals surface area (Å²) in [5.41, 5.74) is 0. The first-order chi connectivity index (χ1) is 39.8. The van der Waals surface area contributed by atoms with Crippen LogP contribution in [0.4, 0.5) is 0 Å². The molecule has 0 aliphatic carbocycles. The summed E-state index contributed by atoms with van der Waals surface area (Å²) in [5, 5.41) is 54.5. The zero-order chi connectivity index (χ0) is 58.6. The van der Waals surface area contributed by atoms with Crippen molar-refractivity contribution in [1.29, 1.82) is 0 Å². The van der Waals surface area contributed by atoms with Crippen LogP contribution in [0.3, 0.4) is 0 Å². The number of nitrogens with one attached hydrogen (secondary N) is 1. The first-order valence-corrected chi connectivity index (χ1v) is 31.9. The Kier molecular flexibility index (Phi) is 54.1. The van der Waals surface area contributed by atoms with Gasteiger partial charge >= 0.3 is 0 Å². The average Bonchev–Trinajstić information content (AvgIpc) is 3.49. The molecule has 0 aromatic carbocycles. The van der Waals surface area contributed by atoms with Crippen molar-refractivity contribution in [3.8, 4) is 0 Å². The minimum Gasteiger partial charge on any atom is -0.394 e. The molecule has 0 aromatic rings. The molecule has 456 valence electrons. The third-order valence-corrected chi connectivity index (χ3v) is 13.8. The van der Waals surface area contributed by atoms with Crippen LogP contribution in [-0.2, 0) is 14.3 Å². The highest BCUT2D eigenvalue weighted by molar-refractivity contribution is 5.76. The number of aliphatic hydroxyl groups is 5. The second-order valence-corrected chi connectivity index (χ2v) is 21.1. The predicted molar refractivity (Wildman–Crippen MR) is 345 cm³/mol. The lowest BCUT2D eigenvalue weighted by molar-refractivity contribution is -0.302. The van der Waals surface area contributed by atoms with Crippen LogP contribution in [0.1, 0.15) is 219 Å². The summed E-state index contributed by atoms with van der Waals surface area (Å²) in [6, 6.07) is -0.849. The first kappa shape index (κ1) is 74.6. The number of rotatable bonds is 52. The Morgan fingerprint density at radius 2 is 0.778 bits per heavy atom. The van der Waals surface area contributed by atoms with Gasteiger partial charge < -0.3 is 40.3 Å². The number of aliphatic hydroxyl groups excluding tert-OH is 5. The highest BCUT2D eigenvalue weighted by atomic mass is 16.7. The minimum absolute atomic E-state index is 0.218. The van der Waals surface area contributed by atoms with E-state index in [0.717, 1.165) is 122 Å². The molecule has 1 saturated heterocycles. The molecule has 6 N–H and O–H groups in total. The lowest BCUT2D eigenvalue weighted by Gasteiger charge is -2.40. The number of ether oxygens (including phenoxy) is 2. The Labute approximate surface area is 494 Å². The Balaban J connectivity index is 2.22. The molecule has 0 bridgehead atoms. The molecule has 1 fully saturated rings. The van der Waals surface area contributed by atoms with Gasteiger partial charge in [-0.15, -0.1) is 0 Å². The summed E-state index contributed by atoms with van der Waals surface area (Å²) in [7, 11) is 0. The largest absolute Gasteiger partial charge is 0.394 e. The number of hydrogen-bond acceptors (Lipinski definition) is 8. The highest BCUT2D eigenvalue weighted by Crippen LogP contribution is 2.23. The molecule has 0 radical (unpaired) electrons. The summed E-state index contributed by atoms with van der Waals surface area (Å²) in [5.74, 6) is -0.218. The van der Waals surface area contributed by atoms with Gasteiger partial charge in [0.15, 0.2) is 6.29 Å². The van der Waals surface area contributed by atoms with E-state index in [-0.39, 0.29) is 12.5 Å². The van der Waals surface area contributed by atoms with Crippen molar-refractivity contribution in [2.24, 2.45) is 0 Å². The lowest BCUT2D eigenvalue weighted by atomic mass is 9.99. The van der Waals surface area contributed by atoms with Crippen molar-refractivity contribution in [2.45, 2.75) is 262 Å². The summed E-state index contributed by atoms with van der Waals surface area (Å²) in [4.78, 5) is 13.1. The van der Waals surface area contributed by atoms with Crippen LogP contribution < -0.4 is 5.32 Å². The van der Waals surface area contributed by atoms with Crippen molar-refractivity contribution in [1.82, 2.24) is 5.32 Å². The van der Waals surface area contributed by atoms with Gasteiger partial charge in [0.2, 0.25) is 5.91 Å². The van der Waals surface area contributed by atoms with Gasteiger partial charge in [0, 0.05) is 6.42 Å². The summed E-state index contributed by atoms with van der Waals surface area (Å²) in [6.07, 6.45) is 87.1. The van der Waals surface area contributed by atoms with Crippen LogP contribution in [0, 0.1) is 0 Å². The van der Waals surface area contributed by atoms with Crippen molar-refractivity contribution in [2.75, 3.05) is 13.2 Å². The van der Waals surface area contributed by atoms with Crippen molar-refractivity contribution < 1.29 is 39.8 Å². The van der Waals surface area contributed by atoms with Crippen LogP contribution in [0.25, 0.3) is 0 Å². The third-order valence-electron chi connectivity index (χ3n) is 13.8. The number of unbranched alkanes of at least 4 members (excludes halogenated alkanes) is 16. The monoisotopic (exact) mass is 1120 g/mol. The molecular weight excluding hydrogens is 1010 g/mol. The Bertz CT molecular complexity index is 1880. The van der Waals surface area contributed by atoms with Crippen molar-refractivity contribution in [3.63, 3.8) is 0 Å². The fourth-order valence-electron chi connectivity index (χ4n) is 8.80. The quantitative estimate of drug-likeness (QED) is 0.0261. The molecule has 9 nitrogen and oxygen atoms in total. The highest BCUT2D eigenvalue weighted by Gasteiger charge is 2.44. The fourth-order valence-corrected chi connectivity index (χ4v) is 8.80. The maximum atomic E-state index is 13.1. The maximum Gasteiger partial charge on any atom is 0.220 e. The SMILES string of the molecule is CC/C=C\C/C=C\C/C=C\C/C=C\C/C=C\C/C=C\C/C=C\C/C=C\C/C=C\C/C=C\C/C=C\C/C=C\CCCCCCC(=O)NC(COC1OC(CO)C(O)C(O)C1O)C(O)/C=C/CC/C=C/CCCCCCCCCCCCC. The topological polar surface area (TPSA) is 149 Å². The molecular formula is C72H115NO8. The normalized spacial score (nSPS) is 19.6. The number of amides is 1. The standard InChI is InChI=1S/C72H115NO8/c1-3-5-7-9-11-13-15-17-19-21-22-23-24-25-26-27-28-29-30-31-32-33-34-35-36-37-38-39-40-41-42-43-44-46-48-50-52-54-56-58-60-62-68(76)73-65(64-80-72-71(79)70(78)69(77)67(63-74)81-72)66(75)61-59-57-55-53-51-49-47-45-20-18-16-14-12-10-8-6-4-2/h5,7,11,13,17,19,22-23,25-26,28-29,31-32,34-35,37-38,40-41,43-44,48,50-51,53,59,61,65-67,69-72,74-75,77-79H,3-4,6,8-10,12,14-16,18,20-21,24,27,30,33,36,39,42,45-47,49,52,54-58,60,62-64H2,1-2H3,(H,73,76)/b7-5-,13-11-,19-17-,23-22-,26-25-,29-28-,32-31-,35-34-,38-37-,41-40-,44-43-,50-48-,53-51+,61-59+. The average molecular weight is 1120 g/mol. The van der Waals surface area contributed by atoms with Gasteiger partial charge in [-0.05, 0) is 122 Å². The Hall–Kier alpha value is -4.45. The van der Waals surface area contributed by atoms with Gasteiger partial charge in [-0.2, -0.15) is 0 Å². The molecule has 81 heavy (non-hydrogen) atoms. The van der Waals surface area contributed by atoms with Crippen LogP contribution in [-0.4, -0.2) is 87.5 Å². The molecule has 0 aromatic heterocycles. The van der Waals surface area contributed by atoms with E-state index in [1.54, 1.807) is 6.08 Å². The molecule has 9 heteroatoms. The Morgan fingerprint density at radius 3 is 1.19 bits per heavy atom. The zero-order valence-corrected chi connectivity index (χ0v) is 50.7. The van der Waals surface area contributed by atoms with Gasteiger partial charge in [0.25, 0.3) is 0 Å². The van der Waals surface area contributed by atoms with Crippen molar-refractivity contribution >= 4 is 5.91 Å². The third kappa shape index (κ3) is 47.7. The number of carbonyl (C=O) groups is 1.